The molecule has 0 amide bonds. The molecule has 7 nitrogen and oxygen atoms in total. The molecule has 7 heteroatoms. The smallest absolute Gasteiger partial charge is 0.155 e. The van der Waals surface area contributed by atoms with E-state index in [1.165, 1.54) is 29.3 Å². The molecular formula is C30H39N7. The molecule has 0 unspecified atom stereocenters. The second-order valence-electron chi connectivity index (χ2n) is 8.12. The van der Waals surface area contributed by atoms with Crippen molar-refractivity contribution in [2.45, 2.75) is 33.2 Å². The SMILES string of the molecule is C=Cc1cc(N=C)n(/C(=C\Cc2ccc(C)cc2CNC)c2cn[nH]c2)n1.CCc1ccccc1.CN. The summed E-state index contributed by atoms with van der Waals surface area (Å²) in [5.74, 6) is 0.664. The van der Waals surface area contributed by atoms with Crippen molar-refractivity contribution in [3.63, 3.8) is 0 Å². The molecule has 37 heavy (non-hydrogen) atoms. The Labute approximate surface area is 220 Å². The summed E-state index contributed by atoms with van der Waals surface area (Å²) in [7, 11) is 3.46. The zero-order valence-corrected chi connectivity index (χ0v) is 22.4. The van der Waals surface area contributed by atoms with E-state index >= 15 is 0 Å². The predicted octanol–water partition coefficient (Wildman–Crippen LogP) is 5.56. The maximum absolute atomic E-state index is 4.58. The highest BCUT2D eigenvalue weighted by atomic mass is 15.3. The Kier molecular flexibility index (Phi) is 12.5. The van der Waals surface area contributed by atoms with Gasteiger partial charge in [-0.3, -0.25) is 5.10 Å². The van der Waals surface area contributed by atoms with Crippen molar-refractivity contribution in [1.82, 2.24) is 25.3 Å². The quantitative estimate of drug-likeness (QED) is 0.264. The molecule has 194 valence electrons. The van der Waals surface area contributed by atoms with Crippen molar-refractivity contribution in [1.29, 1.82) is 0 Å². The summed E-state index contributed by atoms with van der Waals surface area (Å²) in [4.78, 5) is 4.10. The molecular weight excluding hydrogens is 458 g/mol. The minimum Gasteiger partial charge on any atom is -0.333 e. The molecule has 4 aromatic rings. The molecule has 0 saturated carbocycles. The molecule has 0 bridgehead atoms. The van der Waals surface area contributed by atoms with E-state index in [2.05, 4.69) is 107 Å². The van der Waals surface area contributed by atoms with E-state index in [1.807, 2.05) is 25.4 Å². The van der Waals surface area contributed by atoms with Crippen LogP contribution >= 0.6 is 0 Å². The highest BCUT2D eigenvalue weighted by molar-refractivity contribution is 5.69. The van der Waals surface area contributed by atoms with Crippen LogP contribution in [0.1, 0.15) is 40.4 Å². The number of aliphatic imine (C=N–C) groups is 1. The number of allylic oxidation sites excluding steroid dienone is 1. The van der Waals surface area contributed by atoms with Gasteiger partial charge in [0.15, 0.2) is 5.82 Å². The van der Waals surface area contributed by atoms with Gasteiger partial charge < -0.3 is 11.1 Å². The normalized spacial score (nSPS) is 10.6. The van der Waals surface area contributed by atoms with Gasteiger partial charge in [0.25, 0.3) is 0 Å². The Morgan fingerprint density at radius 3 is 2.46 bits per heavy atom. The third kappa shape index (κ3) is 8.52. The van der Waals surface area contributed by atoms with Gasteiger partial charge in [-0.15, -0.1) is 0 Å². The van der Waals surface area contributed by atoms with Gasteiger partial charge >= 0.3 is 0 Å². The van der Waals surface area contributed by atoms with E-state index in [0.29, 0.717) is 5.82 Å². The predicted molar refractivity (Wildman–Crippen MR) is 157 cm³/mol. The fourth-order valence-electron chi connectivity index (χ4n) is 3.73. The molecule has 0 radical (unpaired) electrons. The molecule has 4 N–H and O–H groups in total. The molecule has 0 fully saturated rings. The van der Waals surface area contributed by atoms with E-state index in [9.17, 15) is 0 Å². The number of aromatic nitrogens is 4. The van der Waals surface area contributed by atoms with Crippen LogP contribution in [0.4, 0.5) is 5.82 Å². The minimum absolute atomic E-state index is 0.664. The highest BCUT2D eigenvalue weighted by Crippen LogP contribution is 2.25. The summed E-state index contributed by atoms with van der Waals surface area (Å²) in [6.45, 7) is 12.6. The zero-order chi connectivity index (χ0) is 27.0. The van der Waals surface area contributed by atoms with Crippen LogP contribution in [0.15, 0.2) is 84.6 Å². The second kappa shape index (κ2) is 15.8. The number of aryl methyl sites for hydroxylation is 2. The lowest BCUT2D eigenvalue weighted by atomic mass is 10.0. The summed E-state index contributed by atoms with van der Waals surface area (Å²) < 4.78 is 1.78. The van der Waals surface area contributed by atoms with E-state index in [-0.39, 0.29) is 0 Å². The number of hydrogen-bond donors (Lipinski definition) is 3. The Morgan fingerprint density at radius 2 is 1.89 bits per heavy atom. The molecule has 0 atom stereocenters. The van der Waals surface area contributed by atoms with Crippen molar-refractivity contribution in [3.05, 3.63) is 113 Å². The van der Waals surface area contributed by atoms with Gasteiger partial charge in [-0.05, 0) is 63.3 Å². The molecule has 2 aromatic heterocycles. The summed E-state index contributed by atoms with van der Waals surface area (Å²) in [5, 5.41) is 14.8. The maximum atomic E-state index is 4.58. The first-order valence-corrected chi connectivity index (χ1v) is 12.3. The third-order valence-electron chi connectivity index (χ3n) is 5.60. The van der Waals surface area contributed by atoms with Crippen molar-refractivity contribution in [2.24, 2.45) is 10.7 Å². The van der Waals surface area contributed by atoms with Gasteiger partial charge in [-0.1, -0.05) is 73.7 Å². The first kappa shape index (κ1) is 29.2. The minimum atomic E-state index is 0.664. The molecule has 0 aliphatic heterocycles. The summed E-state index contributed by atoms with van der Waals surface area (Å²) >= 11 is 0. The Balaban J connectivity index is 0.000000406. The van der Waals surface area contributed by atoms with Crippen LogP contribution in [0.2, 0.25) is 0 Å². The molecule has 2 aromatic carbocycles. The average Bonchev–Trinajstić information content (AvgIpc) is 3.63. The van der Waals surface area contributed by atoms with E-state index in [4.69, 9.17) is 0 Å². The first-order valence-electron chi connectivity index (χ1n) is 12.3. The lowest BCUT2D eigenvalue weighted by Gasteiger charge is -2.11. The molecule has 2 heterocycles. The second-order valence-corrected chi connectivity index (χ2v) is 8.12. The number of aromatic amines is 1. The molecule has 0 saturated heterocycles. The van der Waals surface area contributed by atoms with Crippen LogP contribution in [0.25, 0.3) is 11.8 Å². The third-order valence-corrected chi connectivity index (χ3v) is 5.60. The zero-order valence-electron chi connectivity index (χ0n) is 22.4. The van der Waals surface area contributed by atoms with Gasteiger partial charge in [0.2, 0.25) is 0 Å². The fraction of sp³-hybridized carbons (Fsp3) is 0.233. The highest BCUT2D eigenvalue weighted by Gasteiger charge is 2.13. The number of H-pyrrole nitrogens is 1. The Morgan fingerprint density at radius 1 is 1.14 bits per heavy atom. The van der Waals surface area contributed by atoms with Gasteiger partial charge in [0.05, 0.1) is 17.6 Å². The number of nitrogens with zero attached hydrogens (tertiary/aromatic N) is 4. The van der Waals surface area contributed by atoms with E-state index in [1.54, 1.807) is 17.0 Å². The van der Waals surface area contributed by atoms with Crippen LogP contribution in [-0.2, 0) is 19.4 Å². The van der Waals surface area contributed by atoms with Gasteiger partial charge in [-0.25, -0.2) is 9.67 Å². The van der Waals surface area contributed by atoms with Crippen LogP contribution in [0, 0.1) is 6.92 Å². The van der Waals surface area contributed by atoms with E-state index in [0.717, 1.165) is 36.3 Å². The van der Waals surface area contributed by atoms with Crippen LogP contribution in [-0.4, -0.2) is 40.8 Å². The monoisotopic (exact) mass is 497 g/mol. The van der Waals surface area contributed by atoms with Crippen LogP contribution in [0.5, 0.6) is 0 Å². The number of nitrogens with two attached hydrogens (primary N) is 1. The maximum Gasteiger partial charge on any atom is 0.155 e. The first-order chi connectivity index (χ1) is 18.1. The van der Waals surface area contributed by atoms with Gasteiger partial charge in [0, 0.05) is 24.4 Å². The molecule has 0 aliphatic carbocycles. The van der Waals surface area contributed by atoms with Crippen molar-refractivity contribution in [2.75, 3.05) is 14.1 Å². The standard InChI is InChI=1S/C21H24N6.C8H10.CH5N/c1-5-19-11-21(23-4)27(26-19)20(18-13-24-25-14-18)9-8-16-7-6-15(2)10-17(16)12-22-3;1-2-8-6-4-3-5-7-8;1-2/h5-7,9-11,13-14,22H,1,4,8,12H2,2-3H3,(H,24,25);3-7H,2H2,1H3;2H2,1H3/b20-9-;;. The number of benzene rings is 2. The number of nitrogens with one attached hydrogen (secondary N) is 2. The average molecular weight is 498 g/mol. The van der Waals surface area contributed by atoms with Crippen molar-refractivity contribution >= 4 is 24.3 Å². The van der Waals surface area contributed by atoms with Crippen molar-refractivity contribution < 1.29 is 0 Å². The van der Waals surface area contributed by atoms with E-state index < -0.39 is 0 Å². The lowest BCUT2D eigenvalue weighted by Crippen LogP contribution is -2.08. The molecule has 0 aliphatic rings. The van der Waals surface area contributed by atoms with Crippen LogP contribution in [0.3, 0.4) is 0 Å². The topological polar surface area (TPSA) is 96.9 Å². The number of hydrogen-bond acceptors (Lipinski definition) is 5. The van der Waals surface area contributed by atoms with Crippen molar-refractivity contribution in [3.8, 4) is 0 Å². The largest absolute Gasteiger partial charge is 0.333 e. The summed E-state index contributed by atoms with van der Waals surface area (Å²) in [6, 6.07) is 18.8. The Hall–Kier alpha value is -4.07. The van der Waals surface area contributed by atoms with Gasteiger partial charge in [-0.2, -0.15) is 10.2 Å². The number of rotatable bonds is 9. The molecule has 4 rings (SSSR count). The summed E-state index contributed by atoms with van der Waals surface area (Å²) in [5.41, 5.74) is 12.3. The Bertz CT molecular complexity index is 1250. The lowest BCUT2D eigenvalue weighted by molar-refractivity contribution is 0.807. The van der Waals surface area contributed by atoms with Gasteiger partial charge in [0.1, 0.15) is 0 Å². The fourth-order valence-corrected chi connectivity index (χ4v) is 3.73. The summed E-state index contributed by atoms with van der Waals surface area (Å²) in [6.07, 6.45) is 9.36. The van der Waals surface area contributed by atoms with Crippen LogP contribution < -0.4 is 11.1 Å². The molecule has 0 spiro atoms.